The Hall–Kier alpha value is -1.39. The molecule has 1 saturated carbocycles. The van der Waals surface area contributed by atoms with Gasteiger partial charge >= 0.3 is 5.97 Å². The number of aliphatic hydroxyl groups is 1. The normalized spacial score (nSPS) is 22.7. The first-order valence-corrected chi connectivity index (χ1v) is 8.79. The van der Waals surface area contributed by atoms with Gasteiger partial charge in [-0.3, -0.25) is 4.79 Å². The van der Waals surface area contributed by atoms with Crippen LogP contribution in [0, 0.1) is 11.8 Å². The van der Waals surface area contributed by atoms with Gasteiger partial charge < -0.3 is 15.9 Å². The highest BCUT2D eigenvalue weighted by molar-refractivity contribution is 5.66. The van der Waals surface area contributed by atoms with E-state index in [9.17, 15) is 9.90 Å². The van der Waals surface area contributed by atoms with Crippen LogP contribution in [0.3, 0.4) is 0 Å². The molecule has 4 heteroatoms. The van der Waals surface area contributed by atoms with Gasteiger partial charge in [-0.25, -0.2) is 0 Å². The summed E-state index contributed by atoms with van der Waals surface area (Å²) in [4.78, 5) is 10.5. The van der Waals surface area contributed by atoms with Gasteiger partial charge in [0, 0.05) is 6.42 Å². The molecule has 0 aliphatic heterocycles. The van der Waals surface area contributed by atoms with Crippen molar-refractivity contribution in [2.24, 2.45) is 17.6 Å². The molecule has 23 heavy (non-hydrogen) atoms. The van der Waals surface area contributed by atoms with Crippen molar-refractivity contribution in [3.8, 4) is 0 Å². The third-order valence-electron chi connectivity index (χ3n) is 5.10. The van der Waals surface area contributed by atoms with Crippen molar-refractivity contribution < 1.29 is 15.0 Å². The fourth-order valence-corrected chi connectivity index (χ4v) is 3.50. The van der Waals surface area contributed by atoms with Crippen LogP contribution in [0.25, 0.3) is 0 Å². The Bertz CT molecular complexity index is 478. The summed E-state index contributed by atoms with van der Waals surface area (Å²) < 4.78 is 0. The van der Waals surface area contributed by atoms with Crippen LogP contribution in [-0.2, 0) is 11.2 Å². The summed E-state index contributed by atoms with van der Waals surface area (Å²) in [6.07, 6.45) is 6.71. The quantitative estimate of drug-likeness (QED) is 0.642. The van der Waals surface area contributed by atoms with E-state index >= 15 is 0 Å². The highest BCUT2D eigenvalue weighted by atomic mass is 16.4. The molecule has 1 unspecified atom stereocenters. The zero-order chi connectivity index (χ0) is 16.7. The number of hydrogen-bond donors (Lipinski definition) is 3. The Labute approximate surface area is 138 Å². The number of aliphatic hydroxyl groups excluding tert-OH is 1. The summed E-state index contributed by atoms with van der Waals surface area (Å²) in [5.41, 5.74) is 7.93. The number of carbonyl (C=O) groups is 1. The average molecular weight is 319 g/mol. The molecule has 0 radical (unpaired) electrons. The first kappa shape index (κ1) is 18.0. The van der Waals surface area contributed by atoms with Crippen LogP contribution in [0.2, 0.25) is 0 Å². The number of aryl methyl sites for hydroxylation is 1. The number of unbranched alkanes of at least 4 members (excludes halogenated alkanes) is 1. The Kier molecular flexibility index (Phi) is 7.06. The van der Waals surface area contributed by atoms with Crippen LogP contribution in [-0.4, -0.2) is 22.7 Å². The third kappa shape index (κ3) is 5.63. The molecule has 0 amide bonds. The zero-order valence-electron chi connectivity index (χ0n) is 13.8. The van der Waals surface area contributed by atoms with Crippen LogP contribution in [0.5, 0.6) is 0 Å². The van der Waals surface area contributed by atoms with Crippen LogP contribution in [0.15, 0.2) is 24.3 Å². The number of nitrogens with two attached hydrogens (primary N) is 1. The van der Waals surface area contributed by atoms with Gasteiger partial charge in [-0.1, -0.05) is 24.3 Å². The second-order valence-electron chi connectivity index (χ2n) is 6.80. The predicted octanol–water partition coefficient (Wildman–Crippen LogP) is 3.28. The highest BCUT2D eigenvalue weighted by Gasteiger charge is 2.26. The SMILES string of the molecule is NCC1CCC(C(O)c2ccc(CCCCC(=O)O)cc2)CC1. The molecule has 1 aliphatic rings. The number of aliphatic carboxylic acids is 1. The lowest BCUT2D eigenvalue weighted by Gasteiger charge is -2.31. The van der Waals surface area contributed by atoms with Crippen molar-refractivity contribution >= 4 is 5.97 Å². The van der Waals surface area contributed by atoms with Crippen LogP contribution in [0.4, 0.5) is 0 Å². The summed E-state index contributed by atoms with van der Waals surface area (Å²) in [6, 6.07) is 8.16. The molecule has 4 N–H and O–H groups in total. The van der Waals surface area contributed by atoms with Crippen molar-refractivity contribution in [3.05, 3.63) is 35.4 Å². The summed E-state index contributed by atoms with van der Waals surface area (Å²) in [5.74, 6) is 0.249. The number of carboxylic acid groups (broad SMARTS) is 1. The van der Waals surface area contributed by atoms with Gasteiger partial charge in [0.05, 0.1) is 6.10 Å². The Balaban J connectivity index is 1.80. The van der Waals surface area contributed by atoms with Crippen molar-refractivity contribution in [1.29, 1.82) is 0 Å². The fraction of sp³-hybridized carbons (Fsp3) is 0.632. The Morgan fingerprint density at radius 2 is 1.78 bits per heavy atom. The van der Waals surface area contributed by atoms with E-state index < -0.39 is 5.97 Å². The maximum atomic E-state index is 10.6. The van der Waals surface area contributed by atoms with Crippen LogP contribution in [0.1, 0.15) is 62.2 Å². The maximum Gasteiger partial charge on any atom is 0.303 e. The van der Waals surface area contributed by atoms with Gasteiger partial charge in [0.1, 0.15) is 0 Å². The molecule has 128 valence electrons. The number of benzene rings is 1. The van der Waals surface area contributed by atoms with E-state index in [1.54, 1.807) is 0 Å². The summed E-state index contributed by atoms with van der Waals surface area (Å²) in [7, 11) is 0. The maximum absolute atomic E-state index is 10.6. The number of rotatable bonds is 8. The van der Waals surface area contributed by atoms with Gasteiger partial charge in [0.15, 0.2) is 0 Å². The lowest BCUT2D eigenvalue weighted by molar-refractivity contribution is -0.137. The molecule has 0 bridgehead atoms. The largest absolute Gasteiger partial charge is 0.481 e. The molecular weight excluding hydrogens is 290 g/mol. The van der Waals surface area contributed by atoms with E-state index in [-0.39, 0.29) is 12.5 Å². The molecule has 1 aromatic carbocycles. The lowest BCUT2D eigenvalue weighted by atomic mass is 9.78. The van der Waals surface area contributed by atoms with Gasteiger partial charge in [0.25, 0.3) is 0 Å². The van der Waals surface area contributed by atoms with Crippen molar-refractivity contribution in [2.45, 2.75) is 57.5 Å². The second kappa shape index (κ2) is 9.04. The summed E-state index contributed by atoms with van der Waals surface area (Å²) in [6.45, 7) is 0.763. The molecule has 1 fully saturated rings. The van der Waals surface area contributed by atoms with E-state index in [1.165, 1.54) is 5.56 Å². The molecular formula is C19H29NO3. The minimum absolute atomic E-state index is 0.238. The van der Waals surface area contributed by atoms with E-state index in [4.69, 9.17) is 10.8 Å². The zero-order valence-corrected chi connectivity index (χ0v) is 13.8. The van der Waals surface area contributed by atoms with E-state index in [1.807, 2.05) is 12.1 Å². The molecule has 0 heterocycles. The minimum atomic E-state index is -0.729. The van der Waals surface area contributed by atoms with Crippen molar-refractivity contribution in [3.63, 3.8) is 0 Å². The molecule has 4 nitrogen and oxygen atoms in total. The Morgan fingerprint density at radius 1 is 1.13 bits per heavy atom. The Morgan fingerprint density at radius 3 is 2.35 bits per heavy atom. The van der Waals surface area contributed by atoms with Crippen molar-refractivity contribution in [2.75, 3.05) is 6.54 Å². The van der Waals surface area contributed by atoms with Crippen LogP contribution >= 0.6 is 0 Å². The molecule has 0 aromatic heterocycles. The van der Waals surface area contributed by atoms with E-state index in [2.05, 4.69) is 12.1 Å². The molecule has 1 aliphatic carbocycles. The summed E-state index contributed by atoms with van der Waals surface area (Å²) in [5, 5.41) is 19.2. The molecule has 1 atom stereocenters. The topological polar surface area (TPSA) is 83.5 Å². The average Bonchev–Trinajstić information content (AvgIpc) is 2.58. The smallest absolute Gasteiger partial charge is 0.303 e. The van der Waals surface area contributed by atoms with Crippen molar-refractivity contribution in [1.82, 2.24) is 0 Å². The number of hydrogen-bond acceptors (Lipinski definition) is 3. The van der Waals surface area contributed by atoms with Gasteiger partial charge in [-0.15, -0.1) is 0 Å². The molecule has 0 saturated heterocycles. The first-order chi connectivity index (χ1) is 11.1. The minimum Gasteiger partial charge on any atom is -0.481 e. The predicted molar refractivity (Wildman–Crippen MR) is 91.1 cm³/mol. The molecule has 1 aromatic rings. The van der Waals surface area contributed by atoms with E-state index in [0.717, 1.165) is 50.6 Å². The molecule has 0 spiro atoms. The monoisotopic (exact) mass is 319 g/mol. The molecule has 2 rings (SSSR count). The fourth-order valence-electron chi connectivity index (χ4n) is 3.50. The van der Waals surface area contributed by atoms with Gasteiger partial charge in [-0.2, -0.15) is 0 Å². The van der Waals surface area contributed by atoms with Gasteiger partial charge in [0.2, 0.25) is 0 Å². The number of carboxylic acids is 1. The standard InChI is InChI=1S/C19H29NO3/c20-13-15-7-11-17(12-8-15)19(23)16-9-5-14(6-10-16)3-1-2-4-18(21)22/h5-6,9-10,15,17,19,23H,1-4,7-8,11-13,20H2,(H,21,22). The van der Waals surface area contributed by atoms with Gasteiger partial charge in [-0.05, 0) is 74.5 Å². The lowest BCUT2D eigenvalue weighted by Crippen LogP contribution is -2.24. The highest BCUT2D eigenvalue weighted by Crippen LogP contribution is 2.36. The summed E-state index contributed by atoms with van der Waals surface area (Å²) >= 11 is 0. The first-order valence-electron chi connectivity index (χ1n) is 8.79. The second-order valence-corrected chi connectivity index (χ2v) is 6.80. The van der Waals surface area contributed by atoms with Crippen LogP contribution < -0.4 is 5.73 Å². The van der Waals surface area contributed by atoms with E-state index in [0.29, 0.717) is 18.3 Å². The third-order valence-corrected chi connectivity index (χ3v) is 5.10.